The molecule has 2 atom stereocenters. The van der Waals surface area contributed by atoms with E-state index in [1.807, 2.05) is 19.9 Å². The fraction of sp³-hybridized carbons (Fsp3) is 0.577. The smallest absolute Gasteiger partial charge is 0.408 e. The first-order chi connectivity index (χ1) is 16.9. The highest BCUT2D eigenvalue weighted by Crippen LogP contribution is 2.23. The number of esters is 1. The molecule has 0 aliphatic rings. The molecule has 0 aliphatic heterocycles. The number of carbonyl (C=O) groups is 4. The summed E-state index contributed by atoms with van der Waals surface area (Å²) < 4.78 is 10.2. The van der Waals surface area contributed by atoms with Crippen LogP contribution in [-0.2, 0) is 23.9 Å². The molecule has 0 heterocycles. The van der Waals surface area contributed by atoms with E-state index in [1.54, 1.807) is 58.0 Å². The highest BCUT2D eigenvalue weighted by atomic mass is 16.6. The van der Waals surface area contributed by atoms with Crippen LogP contribution in [0.5, 0.6) is 0 Å². The Bertz CT molecular complexity index is 921. The summed E-state index contributed by atoms with van der Waals surface area (Å²) in [5.41, 5.74) is -0.289. The Labute approximate surface area is 213 Å². The van der Waals surface area contributed by atoms with Crippen molar-refractivity contribution >= 4 is 23.9 Å². The summed E-state index contributed by atoms with van der Waals surface area (Å²) in [5, 5.41) is 14.8. The molecular weight excluding hydrogens is 464 g/mol. The van der Waals surface area contributed by atoms with Gasteiger partial charge in [0.25, 0.3) is 0 Å². The third-order valence-corrected chi connectivity index (χ3v) is 4.83. The second-order valence-electron chi connectivity index (χ2n) is 9.61. The summed E-state index contributed by atoms with van der Waals surface area (Å²) in [6, 6.07) is 8.32. The van der Waals surface area contributed by atoms with E-state index in [1.165, 1.54) is 0 Å². The zero-order chi connectivity index (χ0) is 27.3. The van der Waals surface area contributed by atoms with Gasteiger partial charge in [-0.3, -0.25) is 14.4 Å². The molecule has 10 nitrogen and oxygen atoms in total. The fourth-order valence-electron chi connectivity index (χ4n) is 3.44. The van der Waals surface area contributed by atoms with E-state index in [4.69, 9.17) is 9.47 Å². The minimum Gasteiger partial charge on any atom is -0.466 e. The average Bonchev–Trinajstić information content (AvgIpc) is 2.77. The Hall–Kier alpha value is -3.61. The van der Waals surface area contributed by atoms with Gasteiger partial charge in [0.15, 0.2) is 0 Å². The fourth-order valence-corrected chi connectivity index (χ4v) is 3.44. The summed E-state index contributed by atoms with van der Waals surface area (Å²) in [6.45, 7) is 10.4. The Morgan fingerprint density at radius 1 is 1.11 bits per heavy atom. The highest BCUT2D eigenvalue weighted by Gasteiger charge is 2.36. The van der Waals surface area contributed by atoms with Gasteiger partial charge in [-0.2, -0.15) is 5.26 Å². The largest absolute Gasteiger partial charge is 0.466 e. The molecule has 1 rings (SSSR count). The number of hydrogen-bond acceptors (Lipinski definition) is 7. The van der Waals surface area contributed by atoms with E-state index in [2.05, 4.69) is 10.6 Å². The third kappa shape index (κ3) is 10.8. The van der Waals surface area contributed by atoms with Crippen LogP contribution in [0, 0.1) is 17.2 Å². The van der Waals surface area contributed by atoms with E-state index in [9.17, 15) is 24.4 Å². The maximum atomic E-state index is 13.7. The van der Waals surface area contributed by atoms with Crippen LogP contribution in [0.15, 0.2) is 30.3 Å². The SMILES string of the molecule is CCOC(=O)CCNC(=O)C(c1ccccc1)N(CC#N)C(=O)C(CC(C)C)NC(=O)OC(C)(C)C. The molecule has 0 aliphatic carbocycles. The first kappa shape index (κ1) is 30.4. The van der Waals surface area contributed by atoms with Gasteiger partial charge in [0.05, 0.1) is 19.1 Å². The summed E-state index contributed by atoms with van der Waals surface area (Å²) in [5.74, 6) is -1.59. The number of hydrogen-bond donors (Lipinski definition) is 2. The molecule has 36 heavy (non-hydrogen) atoms. The van der Waals surface area contributed by atoms with Gasteiger partial charge in [0, 0.05) is 6.54 Å². The van der Waals surface area contributed by atoms with Gasteiger partial charge >= 0.3 is 12.1 Å². The monoisotopic (exact) mass is 502 g/mol. The number of nitrogens with zero attached hydrogens (tertiary/aromatic N) is 2. The molecule has 0 saturated carbocycles. The third-order valence-electron chi connectivity index (χ3n) is 4.83. The molecule has 1 aromatic rings. The van der Waals surface area contributed by atoms with E-state index in [-0.39, 0.29) is 31.9 Å². The van der Waals surface area contributed by atoms with Crippen LogP contribution in [0.4, 0.5) is 4.79 Å². The van der Waals surface area contributed by atoms with Crippen molar-refractivity contribution in [3.63, 3.8) is 0 Å². The second-order valence-corrected chi connectivity index (χ2v) is 9.61. The van der Waals surface area contributed by atoms with Crippen molar-refractivity contribution in [2.75, 3.05) is 19.7 Å². The molecule has 0 radical (unpaired) electrons. The summed E-state index contributed by atoms with van der Waals surface area (Å²) in [4.78, 5) is 52.3. The van der Waals surface area contributed by atoms with E-state index in [0.29, 0.717) is 5.56 Å². The molecular formula is C26H38N4O6. The van der Waals surface area contributed by atoms with E-state index >= 15 is 0 Å². The van der Waals surface area contributed by atoms with Gasteiger partial charge in [-0.25, -0.2) is 4.79 Å². The maximum Gasteiger partial charge on any atom is 0.408 e. The lowest BCUT2D eigenvalue weighted by Gasteiger charge is -2.33. The Morgan fingerprint density at radius 2 is 1.75 bits per heavy atom. The molecule has 0 aromatic heterocycles. The molecule has 0 saturated heterocycles. The van der Waals surface area contributed by atoms with Crippen LogP contribution in [0.25, 0.3) is 0 Å². The highest BCUT2D eigenvalue weighted by molar-refractivity contribution is 5.92. The van der Waals surface area contributed by atoms with Crippen LogP contribution in [0.1, 0.15) is 66.0 Å². The van der Waals surface area contributed by atoms with Crippen molar-refractivity contribution in [3.8, 4) is 6.07 Å². The van der Waals surface area contributed by atoms with Gasteiger partial charge in [0.2, 0.25) is 11.8 Å². The van der Waals surface area contributed by atoms with Crippen molar-refractivity contribution in [1.29, 1.82) is 5.26 Å². The minimum absolute atomic E-state index is 0.00116. The quantitative estimate of drug-likeness (QED) is 0.331. The molecule has 0 spiro atoms. The van der Waals surface area contributed by atoms with E-state index in [0.717, 1.165) is 4.90 Å². The average molecular weight is 503 g/mol. The molecule has 198 valence electrons. The lowest BCUT2D eigenvalue weighted by Crippen LogP contribution is -2.53. The number of rotatable bonds is 12. The molecule has 0 fully saturated rings. The Balaban J connectivity index is 3.28. The Kier molecular flexibility index (Phi) is 12.4. The molecule has 10 heteroatoms. The van der Waals surface area contributed by atoms with Crippen molar-refractivity contribution < 1.29 is 28.7 Å². The first-order valence-electron chi connectivity index (χ1n) is 12.0. The summed E-state index contributed by atoms with van der Waals surface area (Å²) in [7, 11) is 0. The van der Waals surface area contributed by atoms with Crippen LogP contribution in [0.3, 0.4) is 0 Å². The van der Waals surface area contributed by atoms with Crippen LogP contribution >= 0.6 is 0 Å². The number of nitrogens with one attached hydrogen (secondary N) is 2. The first-order valence-corrected chi connectivity index (χ1v) is 12.0. The molecule has 0 bridgehead atoms. The number of amides is 3. The second kappa shape index (κ2) is 14.7. The van der Waals surface area contributed by atoms with Gasteiger partial charge in [-0.15, -0.1) is 0 Å². The standard InChI is InChI=1S/C26H38N4O6/c1-7-35-21(31)13-15-28-23(32)22(19-11-9-8-10-12-19)30(16-14-27)24(33)20(17-18(2)3)29-25(34)36-26(4,5)6/h8-12,18,20,22H,7,13,15-17H2,1-6H3,(H,28,32)(H,29,34). The number of nitriles is 1. The van der Waals surface area contributed by atoms with Gasteiger partial charge < -0.3 is 25.0 Å². The van der Waals surface area contributed by atoms with Crippen molar-refractivity contribution in [2.24, 2.45) is 5.92 Å². The lowest BCUT2D eigenvalue weighted by atomic mass is 9.99. The summed E-state index contributed by atoms with van der Waals surface area (Å²) in [6.07, 6.45) is -0.538. The topological polar surface area (TPSA) is 138 Å². The predicted molar refractivity (Wildman–Crippen MR) is 133 cm³/mol. The van der Waals surface area contributed by atoms with Gasteiger partial charge in [-0.05, 0) is 45.6 Å². The number of alkyl carbamates (subject to hydrolysis) is 1. The molecule has 3 amide bonds. The van der Waals surface area contributed by atoms with Gasteiger partial charge in [0.1, 0.15) is 24.2 Å². The van der Waals surface area contributed by atoms with Crippen LogP contribution in [0.2, 0.25) is 0 Å². The molecule has 2 unspecified atom stereocenters. The molecule has 2 N–H and O–H groups in total. The Morgan fingerprint density at radius 3 is 2.28 bits per heavy atom. The van der Waals surface area contributed by atoms with Gasteiger partial charge in [-0.1, -0.05) is 44.2 Å². The maximum absolute atomic E-state index is 13.7. The van der Waals surface area contributed by atoms with Crippen LogP contribution in [-0.4, -0.2) is 60.1 Å². The van der Waals surface area contributed by atoms with Crippen molar-refractivity contribution in [1.82, 2.24) is 15.5 Å². The lowest BCUT2D eigenvalue weighted by molar-refractivity contribution is -0.144. The van der Waals surface area contributed by atoms with E-state index < -0.39 is 48.1 Å². The zero-order valence-electron chi connectivity index (χ0n) is 22.0. The zero-order valence-corrected chi connectivity index (χ0v) is 22.0. The minimum atomic E-state index is -1.16. The number of ether oxygens (including phenoxy) is 2. The summed E-state index contributed by atoms with van der Waals surface area (Å²) >= 11 is 0. The van der Waals surface area contributed by atoms with Crippen molar-refractivity contribution in [2.45, 2.75) is 72.1 Å². The van der Waals surface area contributed by atoms with Crippen molar-refractivity contribution in [3.05, 3.63) is 35.9 Å². The predicted octanol–water partition coefficient (Wildman–Crippen LogP) is 3.09. The molecule has 1 aromatic carbocycles. The number of carbonyl (C=O) groups excluding carboxylic acids is 4. The number of benzene rings is 1. The normalized spacial score (nSPS) is 12.6. The van der Waals surface area contributed by atoms with Crippen LogP contribution < -0.4 is 10.6 Å².